The zero-order valence-electron chi connectivity index (χ0n) is 23.6. The van der Waals surface area contributed by atoms with Gasteiger partial charge in [-0.15, -0.1) is 0 Å². The fourth-order valence-electron chi connectivity index (χ4n) is 7.18. The predicted octanol–water partition coefficient (Wildman–Crippen LogP) is 6.79. The molecule has 0 bridgehead atoms. The normalized spacial score (nSPS) is 27.5. The highest BCUT2D eigenvalue weighted by atomic mass is 127. The zero-order valence-corrected chi connectivity index (χ0v) is 26.5. The first kappa shape index (κ1) is 33.9. The lowest BCUT2D eigenvalue weighted by molar-refractivity contribution is -0.348. The fraction of sp³-hybridized carbons (Fsp3) is 0.500. The van der Waals surface area contributed by atoms with Gasteiger partial charge in [0, 0.05) is 21.6 Å². The van der Waals surface area contributed by atoms with Crippen LogP contribution in [0.1, 0.15) is 55.2 Å². The van der Waals surface area contributed by atoms with Crippen LogP contribution in [-0.2, 0) is 31.5 Å². The molecule has 1 heterocycles. The third-order valence-corrected chi connectivity index (χ3v) is 12.9. The van der Waals surface area contributed by atoms with Gasteiger partial charge in [-0.05, 0) is 103 Å². The molecule has 5 rings (SSSR count). The van der Waals surface area contributed by atoms with E-state index in [1.165, 1.54) is 29.2 Å². The van der Waals surface area contributed by atoms with Crippen molar-refractivity contribution in [2.45, 2.75) is 84.3 Å². The fourth-order valence-corrected chi connectivity index (χ4v) is 9.91. The summed E-state index contributed by atoms with van der Waals surface area (Å²) in [6.45, 7) is 3.32. The van der Waals surface area contributed by atoms with Crippen LogP contribution in [0.25, 0.3) is 0 Å². The number of carbonyl (C=O) groups is 1. The van der Waals surface area contributed by atoms with Crippen LogP contribution < -0.4 is 0 Å². The lowest BCUT2D eigenvalue weighted by Crippen LogP contribution is -2.54. The maximum Gasteiger partial charge on any atom is 0.435 e. The highest BCUT2D eigenvalue weighted by molar-refractivity contribution is 14.1. The molecule has 0 aromatic heterocycles. The lowest BCUT2D eigenvalue weighted by atomic mass is 9.75. The number of sulfone groups is 1. The summed E-state index contributed by atoms with van der Waals surface area (Å²) >= 11 is 1.97. The van der Waals surface area contributed by atoms with E-state index < -0.39 is 67.4 Å². The number of aryl methyl sites for hydroxylation is 1. The summed E-state index contributed by atoms with van der Waals surface area (Å²) in [5, 5.41) is 20.3. The molecule has 1 aliphatic heterocycles. The molecule has 2 atom stereocenters. The van der Waals surface area contributed by atoms with E-state index in [-0.39, 0.29) is 67.5 Å². The molecule has 2 aromatic rings. The van der Waals surface area contributed by atoms with Crippen molar-refractivity contribution in [2.75, 3.05) is 6.54 Å². The number of likely N-dealkylation sites (tertiary alicyclic amines) is 1. The number of fused-ring (bicyclic) bond motifs is 3. The lowest BCUT2D eigenvalue weighted by Gasteiger charge is -2.44. The van der Waals surface area contributed by atoms with Gasteiger partial charge in [-0.2, -0.15) is 26.3 Å². The van der Waals surface area contributed by atoms with E-state index in [1.54, 1.807) is 0 Å². The Morgan fingerprint density at radius 1 is 0.933 bits per heavy atom. The van der Waals surface area contributed by atoms with Gasteiger partial charge in [0.2, 0.25) is 5.91 Å². The number of aliphatic hydroxyl groups excluding tert-OH is 1. The molecule has 2 fully saturated rings. The van der Waals surface area contributed by atoms with Gasteiger partial charge >= 0.3 is 18.0 Å². The maximum atomic E-state index is 15.0. The Morgan fingerprint density at radius 2 is 1.51 bits per heavy atom. The Labute approximate surface area is 268 Å². The largest absolute Gasteiger partial charge is 0.510 e. The number of hydrogen-bond donors (Lipinski definition) is 2. The van der Waals surface area contributed by atoms with Crippen LogP contribution in [0.2, 0.25) is 0 Å². The molecule has 1 saturated carbocycles. The Balaban J connectivity index is 1.62. The summed E-state index contributed by atoms with van der Waals surface area (Å²) in [6.07, 6.45) is -12.8. The van der Waals surface area contributed by atoms with E-state index in [4.69, 9.17) is 0 Å². The third kappa shape index (κ3) is 5.15. The van der Waals surface area contributed by atoms with Crippen molar-refractivity contribution in [3.05, 3.63) is 75.1 Å². The van der Waals surface area contributed by atoms with E-state index in [0.717, 1.165) is 6.07 Å². The second kappa shape index (κ2) is 11.1. The molecule has 1 amide bonds. The molecule has 1 saturated heterocycles. The molecule has 2 N–H and O–H groups in total. The Hall–Kier alpha value is -2.40. The number of benzene rings is 2. The second-order valence-corrected chi connectivity index (χ2v) is 15.4. The van der Waals surface area contributed by atoms with Crippen LogP contribution in [-0.4, -0.2) is 60.0 Å². The number of hydrogen-bond acceptors (Lipinski definition) is 5. The standard InChI is InChI=1S/C30H29F7INO5S/c1-17(40)26(42)12-10-18(11-13-26)25(41)39-15-14-27(45(43,44)22-6-4-21(38)5-7-22)23-8-3-20(16-19(23)2-9-24(27)39)28(31,29(32,33)34)30(35,36)37/h3-8,16,18,24,40,42H,1-2,9-15H2/t18?,24-,26?,27-/m1/s1. The Kier molecular flexibility index (Phi) is 8.37. The average Bonchev–Trinajstić information content (AvgIpc) is 3.37. The van der Waals surface area contributed by atoms with E-state index >= 15 is 4.39 Å². The highest BCUT2D eigenvalue weighted by Crippen LogP contribution is 2.57. The van der Waals surface area contributed by atoms with E-state index in [0.29, 0.717) is 15.7 Å². The van der Waals surface area contributed by atoms with Gasteiger partial charge in [-0.1, -0.05) is 24.8 Å². The topological polar surface area (TPSA) is 94.9 Å². The van der Waals surface area contributed by atoms with Crippen molar-refractivity contribution in [3.8, 4) is 0 Å². The molecule has 246 valence electrons. The first-order valence-corrected chi connectivity index (χ1v) is 16.6. The van der Waals surface area contributed by atoms with Crippen LogP contribution in [0, 0.1) is 9.49 Å². The number of aliphatic hydroxyl groups is 2. The SMILES string of the molecule is C=C(O)C1(O)CCC(C(=O)N2CC[C@@]3(S(=O)(=O)c4ccc(I)cc4)c4ccc(C(F)(C(F)(F)F)C(F)(F)F)cc4CC[C@@H]23)CC1. The van der Waals surface area contributed by atoms with Crippen molar-refractivity contribution in [2.24, 2.45) is 5.92 Å². The van der Waals surface area contributed by atoms with Gasteiger partial charge in [-0.25, -0.2) is 12.8 Å². The summed E-state index contributed by atoms with van der Waals surface area (Å²) in [5.74, 6) is -1.45. The van der Waals surface area contributed by atoms with Gasteiger partial charge < -0.3 is 15.1 Å². The molecule has 2 aromatic carbocycles. The van der Waals surface area contributed by atoms with E-state index in [1.807, 2.05) is 22.6 Å². The first-order valence-electron chi connectivity index (χ1n) is 14.1. The van der Waals surface area contributed by atoms with Crippen molar-refractivity contribution >= 4 is 38.3 Å². The Bertz CT molecular complexity index is 1600. The van der Waals surface area contributed by atoms with Gasteiger partial charge in [-0.3, -0.25) is 4.79 Å². The predicted molar refractivity (Wildman–Crippen MR) is 156 cm³/mol. The van der Waals surface area contributed by atoms with Gasteiger partial charge in [0.1, 0.15) is 16.1 Å². The van der Waals surface area contributed by atoms with Crippen molar-refractivity contribution in [3.63, 3.8) is 0 Å². The Morgan fingerprint density at radius 3 is 2.04 bits per heavy atom. The molecule has 45 heavy (non-hydrogen) atoms. The number of amides is 1. The average molecular weight is 776 g/mol. The third-order valence-electron chi connectivity index (χ3n) is 9.65. The molecular formula is C30H29F7INO5S. The number of rotatable bonds is 5. The first-order chi connectivity index (χ1) is 20.7. The van der Waals surface area contributed by atoms with E-state index in [2.05, 4.69) is 6.58 Å². The van der Waals surface area contributed by atoms with Crippen LogP contribution in [0.5, 0.6) is 0 Å². The molecule has 6 nitrogen and oxygen atoms in total. The highest BCUT2D eigenvalue weighted by Gasteiger charge is 2.74. The van der Waals surface area contributed by atoms with Gasteiger partial charge in [0.05, 0.1) is 10.9 Å². The van der Waals surface area contributed by atoms with Crippen molar-refractivity contribution in [1.29, 1.82) is 0 Å². The summed E-state index contributed by atoms with van der Waals surface area (Å²) < 4.78 is 124. The van der Waals surface area contributed by atoms with Crippen LogP contribution in [0.3, 0.4) is 0 Å². The van der Waals surface area contributed by atoms with Crippen molar-refractivity contribution < 1.29 is 54.2 Å². The number of alkyl halides is 7. The summed E-state index contributed by atoms with van der Waals surface area (Å²) in [5.41, 5.74) is -9.19. The molecule has 0 spiro atoms. The quantitative estimate of drug-likeness (QED) is 0.198. The summed E-state index contributed by atoms with van der Waals surface area (Å²) in [4.78, 5) is 15.1. The van der Waals surface area contributed by atoms with Crippen LogP contribution in [0.4, 0.5) is 30.7 Å². The van der Waals surface area contributed by atoms with Crippen LogP contribution in [0.15, 0.2) is 59.7 Å². The van der Waals surface area contributed by atoms with Gasteiger partial charge in [0.15, 0.2) is 9.84 Å². The number of halogens is 8. The minimum atomic E-state index is -6.34. The van der Waals surface area contributed by atoms with E-state index in [9.17, 15) is 49.8 Å². The molecular weight excluding hydrogens is 746 g/mol. The summed E-state index contributed by atoms with van der Waals surface area (Å²) in [6, 6.07) is 6.35. The minimum Gasteiger partial charge on any atom is -0.510 e. The van der Waals surface area contributed by atoms with Crippen LogP contribution >= 0.6 is 22.6 Å². The number of carbonyl (C=O) groups excluding carboxylic acids is 1. The number of nitrogens with zero attached hydrogens (tertiary/aromatic N) is 1. The monoisotopic (exact) mass is 775 g/mol. The molecule has 0 unspecified atom stereocenters. The van der Waals surface area contributed by atoms with Gasteiger partial charge in [0.25, 0.3) is 0 Å². The van der Waals surface area contributed by atoms with Crippen molar-refractivity contribution in [1.82, 2.24) is 4.90 Å². The summed E-state index contributed by atoms with van der Waals surface area (Å²) in [7, 11) is -4.44. The molecule has 15 heteroatoms. The molecule has 0 radical (unpaired) electrons. The molecule has 2 aliphatic carbocycles. The zero-order chi connectivity index (χ0) is 33.4. The second-order valence-electron chi connectivity index (χ2n) is 12.0. The molecule has 3 aliphatic rings. The minimum absolute atomic E-state index is 0.0400. The smallest absolute Gasteiger partial charge is 0.435 e. The maximum absolute atomic E-state index is 15.0.